The molecule has 0 spiro atoms. The number of nitrogens with one attached hydrogen (secondary N) is 1. The Kier molecular flexibility index (Phi) is 11.8. The van der Waals surface area contributed by atoms with Crippen LogP contribution >= 0.6 is 23.2 Å². The lowest BCUT2D eigenvalue weighted by molar-refractivity contribution is -0.141. The zero-order valence-electron chi connectivity index (χ0n) is 23.5. The van der Waals surface area contributed by atoms with E-state index in [1.807, 2.05) is 60.7 Å². The topological polar surface area (TPSA) is 67.9 Å². The lowest BCUT2D eigenvalue weighted by Gasteiger charge is -2.33. The molecular weight excluding hydrogens is 559 g/mol. The summed E-state index contributed by atoms with van der Waals surface area (Å²) in [7, 11) is 1.62. The van der Waals surface area contributed by atoms with Crippen molar-refractivity contribution in [1.29, 1.82) is 0 Å². The molecule has 0 radical (unpaired) electrons. The summed E-state index contributed by atoms with van der Waals surface area (Å²) in [5, 5.41) is 4.12. The fourth-order valence-corrected chi connectivity index (χ4v) is 5.48. The summed E-state index contributed by atoms with van der Waals surface area (Å²) < 4.78 is 11.0. The molecule has 0 aliphatic heterocycles. The largest absolute Gasteiger partial charge is 0.497 e. The zero-order chi connectivity index (χ0) is 29.0. The third-order valence-electron chi connectivity index (χ3n) is 7.42. The van der Waals surface area contributed by atoms with Crippen LogP contribution in [0.15, 0.2) is 72.8 Å². The monoisotopic (exact) mass is 596 g/mol. The normalized spacial score (nSPS) is 14.2. The summed E-state index contributed by atoms with van der Waals surface area (Å²) in [5.74, 6) is 1.22. The number of benzene rings is 3. The van der Waals surface area contributed by atoms with Crippen LogP contribution in [0.3, 0.4) is 0 Å². The van der Waals surface area contributed by atoms with E-state index in [1.54, 1.807) is 24.1 Å². The third kappa shape index (κ3) is 9.40. The Bertz CT molecular complexity index is 1260. The van der Waals surface area contributed by atoms with Crippen LogP contribution in [0.1, 0.15) is 56.1 Å². The Morgan fingerprint density at radius 1 is 0.902 bits per heavy atom. The lowest BCUT2D eigenvalue weighted by Crippen LogP contribution is -2.52. The first-order valence-electron chi connectivity index (χ1n) is 14.3. The summed E-state index contributed by atoms with van der Waals surface area (Å²) in [4.78, 5) is 29.4. The number of hydrogen-bond acceptors (Lipinski definition) is 4. The molecule has 1 fully saturated rings. The highest BCUT2D eigenvalue weighted by Gasteiger charge is 2.31. The van der Waals surface area contributed by atoms with Gasteiger partial charge in [-0.15, -0.1) is 0 Å². The van der Waals surface area contributed by atoms with Gasteiger partial charge in [0.25, 0.3) is 0 Å². The van der Waals surface area contributed by atoms with Gasteiger partial charge in [0.15, 0.2) is 0 Å². The van der Waals surface area contributed by atoms with Crippen LogP contribution in [0.5, 0.6) is 11.5 Å². The summed E-state index contributed by atoms with van der Waals surface area (Å²) in [5.41, 5.74) is 1.80. The van der Waals surface area contributed by atoms with Gasteiger partial charge >= 0.3 is 0 Å². The minimum Gasteiger partial charge on any atom is -0.497 e. The Labute approximate surface area is 252 Å². The molecule has 1 atom stereocenters. The maximum Gasteiger partial charge on any atom is 0.243 e. The number of nitrogens with zero attached hydrogens (tertiary/aromatic N) is 1. The van der Waals surface area contributed by atoms with Crippen molar-refractivity contribution in [3.05, 3.63) is 94.0 Å². The molecule has 0 heterocycles. The standard InChI is InChI=1S/C33H38Cl2N2O4/c1-40-27-15-17-28(18-16-27)41-20-8-13-32(38)37(23-25-14-19-29(34)30(35)21-25)31(22-24-9-4-2-5-10-24)33(39)36-26-11-6-3-7-12-26/h2,4-5,9-10,14-19,21,26,31H,3,6-8,11-13,20,22-23H2,1H3,(H,36,39)/t31-/m1/s1. The SMILES string of the molecule is COc1ccc(OCCCC(=O)N(Cc2ccc(Cl)c(Cl)c2)[C@H](Cc2ccccc2)C(=O)NC2CCCCC2)cc1. The van der Waals surface area contributed by atoms with E-state index >= 15 is 0 Å². The molecule has 0 aromatic heterocycles. The van der Waals surface area contributed by atoms with E-state index in [0.29, 0.717) is 35.2 Å². The Morgan fingerprint density at radius 2 is 1.61 bits per heavy atom. The summed E-state index contributed by atoms with van der Waals surface area (Å²) in [6.07, 6.45) is 6.49. The van der Waals surface area contributed by atoms with Crippen LogP contribution in [-0.2, 0) is 22.6 Å². The van der Waals surface area contributed by atoms with Crippen molar-refractivity contribution in [3.63, 3.8) is 0 Å². The van der Waals surface area contributed by atoms with E-state index in [-0.39, 0.29) is 30.8 Å². The van der Waals surface area contributed by atoms with Crippen molar-refractivity contribution >= 4 is 35.0 Å². The molecule has 0 saturated heterocycles. The van der Waals surface area contributed by atoms with Gasteiger partial charge in [-0.25, -0.2) is 0 Å². The van der Waals surface area contributed by atoms with Crippen molar-refractivity contribution in [3.8, 4) is 11.5 Å². The first-order chi connectivity index (χ1) is 19.9. The van der Waals surface area contributed by atoms with E-state index < -0.39 is 6.04 Å². The predicted molar refractivity (Wildman–Crippen MR) is 164 cm³/mol. The van der Waals surface area contributed by atoms with Crippen molar-refractivity contribution in [2.24, 2.45) is 0 Å². The minimum absolute atomic E-state index is 0.117. The quantitative estimate of drug-likeness (QED) is 0.211. The van der Waals surface area contributed by atoms with Gasteiger partial charge in [0, 0.05) is 25.4 Å². The molecule has 6 nitrogen and oxygen atoms in total. The summed E-state index contributed by atoms with van der Waals surface area (Å²) >= 11 is 12.5. The van der Waals surface area contributed by atoms with Crippen LogP contribution in [0.2, 0.25) is 10.0 Å². The van der Waals surface area contributed by atoms with Crippen molar-refractivity contribution < 1.29 is 19.1 Å². The summed E-state index contributed by atoms with van der Waals surface area (Å²) in [6.45, 7) is 0.612. The minimum atomic E-state index is -0.677. The van der Waals surface area contributed by atoms with E-state index in [0.717, 1.165) is 42.6 Å². The fraction of sp³-hybridized carbons (Fsp3) is 0.394. The Balaban J connectivity index is 1.52. The highest BCUT2D eigenvalue weighted by Crippen LogP contribution is 2.25. The average Bonchev–Trinajstić information content (AvgIpc) is 3.00. The molecule has 0 unspecified atom stereocenters. The maximum atomic E-state index is 13.9. The molecule has 0 bridgehead atoms. The number of carbonyl (C=O) groups is 2. The third-order valence-corrected chi connectivity index (χ3v) is 8.16. The van der Waals surface area contributed by atoms with E-state index in [1.165, 1.54) is 6.42 Å². The molecule has 2 amide bonds. The number of ether oxygens (including phenoxy) is 2. The Morgan fingerprint density at radius 3 is 2.29 bits per heavy atom. The van der Waals surface area contributed by atoms with Crippen LogP contribution < -0.4 is 14.8 Å². The predicted octanol–water partition coefficient (Wildman–Crippen LogP) is 7.25. The highest BCUT2D eigenvalue weighted by atomic mass is 35.5. The molecule has 4 rings (SSSR count). The summed E-state index contributed by atoms with van der Waals surface area (Å²) in [6, 6.07) is 22.0. The molecule has 8 heteroatoms. The number of hydrogen-bond donors (Lipinski definition) is 1. The van der Waals surface area contributed by atoms with Gasteiger partial charge in [-0.05, 0) is 66.8 Å². The number of carbonyl (C=O) groups excluding carboxylic acids is 2. The van der Waals surface area contributed by atoms with Gasteiger partial charge in [-0.2, -0.15) is 0 Å². The van der Waals surface area contributed by atoms with Crippen molar-refractivity contribution in [2.45, 2.75) is 70.0 Å². The maximum absolute atomic E-state index is 13.9. The fourth-order valence-electron chi connectivity index (χ4n) is 5.16. The first kappa shape index (κ1) is 30.7. The van der Waals surface area contributed by atoms with Gasteiger partial charge < -0.3 is 19.7 Å². The van der Waals surface area contributed by atoms with E-state index in [4.69, 9.17) is 32.7 Å². The number of halogens is 2. The second-order valence-electron chi connectivity index (χ2n) is 10.4. The number of amides is 2. The molecule has 1 aliphatic carbocycles. The molecule has 3 aromatic rings. The second-order valence-corrected chi connectivity index (χ2v) is 11.3. The average molecular weight is 598 g/mol. The number of rotatable bonds is 13. The smallest absolute Gasteiger partial charge is 0.243 e. The molecule has 1 saturated carbocycles. The molecule has 218 valence electrons. The molecule has 1 N–H and O–H groups in total. The van der Waals surface area contributed by atoms with Gasteiger partial charge in [0.1, 0.15) is 17.5 Å². The number of methoxy groups -OCH3 is 1. The molecule has 41 heavy (non-hydrogen) atoms. The van der Waals surface area contributed by atoms with Crippen molar-refractivity contribution in [2.75, 3.05) is 13.7 Å². The van der Waals surface area contributed by atoms with E-state index in [2.05, 4.69) is 5.32 Å². The van der Waals surface area contributed by atoms with E-state index in [9.17, 15) is 9.59 Å². The second kappa shape index (κ2) is 15.7. The molecule has 1 aliphatic rings. The molecular formula is C33H38Cl2N2O4. The highest BCUT2D eigenvalue weighted by molar-refractivity contribution is 6.42. The van der Waals surface area contributed by atoms with Gasteiger partial charge in [0.2, 0.25) is 11.8 Å². The van der Waals surface area contributed by atoms with Crippen LogP contribution in [0, 0.1) is 0 Å². The van der Waals surface area contributed by atoms with Crippen LogP contribution in [0.4, 0.5) is 0 Å². The van der Waals surface area contributed by atoms with Gasteiger partial charge in [-0.3, -0.25) is 9.59 Å². The van der Waals surface area contributed by atoms with Crippen molar-refractivity contribution in [1.82, 2.24) is 10.2 Å². The zero-order valence-corrected chi connectivity index (χ0v) is 25.0. The van der Waals surface area contributed by atoms with Gasteiger partial charge in [-0.1, -0.05) is 78.9 Å². The first-order valence-corrected chi connectivity index (χ1v) is 15.0. The lowest BCUT2D eigenvalue weighted by atomic mass is 9.94. The Hall–Kier alpha value is -3.22. The van der Waals surface area contributed by atoms with Crippen LogP contribution in [-0.4, -0.2) is 42.5 Å². The van der Waals surface area contributed by atoms with Gasteiger partial charge in [0.05, 0.1) is 23.8 Å². The van der Waals surface area contributed by atoms with Crippen LogP contribution in [0.25, 0.3) is 0 Å². The molecule has 3 aromatic carbocycles.